The number of hydrogen-bond acceptors (Lipinski definition) is 4. The summed E-state index contributed by atoms with van der Waals surface area (Å²) in [4.78, 5) is 12.5. The third-order valence-electron chi connectivity index (χ3n) is 4.77. The quantitative estimate of drug-likeness (QED) is 0.713. The molecule has 1 N–H and O–H groups in total. The van der Waals surface area contributed by atoms with Crippen LogP contribution in [0.4, 0.5) is 5.69 Å². The van der Waals surface area contributed by atoms with Crippen LogP contribution in [-0.2, 0) is 9.53 Å². The summed E-state index contributed by atoms with van der Waals surface area (Å²) >= 11 is 0. The summed E-state index contributed by atoms with van der Waals surface area (Å²) in [5, 5.41) is 2.89. The number of benzene rings is 2. The van der Waals surface area contributed by atoms with Gasteiger partial charge in [-0.1, -0.05) is 32.0 Å². The van der Waals surface area contributed by atoms with E-state index in [0.29, 0.717) is 29.7 Å². The van der Waals surface area contributed by atoms with Gasteiger partial charge in [-0.05, 0) is 55.5 Å². The first-order valence-corrected chi connectivity index (χ1v) is 9.93. The highest BCUT2D eigenvalue weighted by Crippen LogP contribution is 2.22. The average Bonchev–Trinajstić information content (AvgIpc) is 3.20. The van der Waals surface area contributed by atoms with Crippen molar-refractivity contribution in [3.63, 3.8) is 0 Å². The number of anilines is 1. The topological polar surface area (TPSA) is 56.8 Å². The number of rotatable bonds is 8. The van der Waals surface area contributed by atoms with Gasteiger partial charge in [0.05, 0.1) is 6.10 Å². The molecular formula is C23H29NO4. The molecule has 5 heteroatoms. The lowest BCUT2D eigenvalue weighted by molar-refractivity contribution is -0.122. The first-order valence-electron chi connectivity index (χ1n) is 9.93. The summed E-state index contributed by atoms with van der Waals surface area (Å²) in [6, 6.07) is 15.2. The summed E-state index contributed by atoms with van der Waals surface area (Å²) in [6.45, 7) is 7.34. The number of hydrogen-bond donors (Lipinski definition) is 1. The second kappa shape index (κ2) is 9.60. The number of nitrogens with one attached hydrogen (secondary N) is 1. The lowest BCUT2D eigenvalue weighted by Crippen LogP contribution is -2.30. The molecule has 2 atom stereocenters. The second-order valence-electron chi connectivity index (χ2n) is 7.45. The smallest absolute Gasteiger partial charge is 0.265 e. The van der Waals surface area contributed by atoms with Gasteiger partial charge in [-0.15, -0.1) is 0 Å². The fraction of sp³-hybridized carbons (Fsp3) is 0.435. The fourth-order valence-corrected chi connectivity index (χ4v) is 3.08. The summed E-state index contributed by atoms with van der Waals surface area (Å²) in [7, 11) is 0. The summed E-state index contributed by atoms with van der Waals surface area (Å²) in [5.74, 6) is 1.62. The molecule has 1 aliphatic rings. The largest absolute Gasteiger partial charge is 0.491 e. The first-order chi connectivity index (χ1) is 13.5. The standard InChI is InChI=1S/C23H29NO4/c1-16(2)18-7-4-10-21(13-18)28-17(3)23(25)24-19-8-5-9-20(14-19)27-15-22-11-6-12-26-22/h4-5,7-10,13-14,16-17,22H,6,11-12,15H2,1-3H3,(H,24,25). The molecule has 5 nitrogen and oxygen atoms in total. The fourth-order valence-electron chi connectivity index (χ4n) is 3.08. The monoisotopic (exact) mass is 383 g/mol. The number of ether oxygens (including phenoxy) is 3. The number of carbonyl (C=O) groups is 1. The van der Waals surface area contributed by atoms with Crippen molar-refractivity contribution in [2.24, 2.45) is 0 Å². The molecule has 1 fully saturated rings. The van der Waals surface area contributed by atoms with Crippen molar-refractivity contribution in [2.45, 2.75) is 51.7 Å². The van der Waals surface area contributed by atoms with E-state index in [1.807, 2.05) is 42.5 Å². The molecule has 28 heavy (non-hydrogen) atoms. The first kappa shape index (κ1) is 20.2. The van der Waals surface area contributed by atoms with Crippen LogP contribution >= 0.6 is 0 Å². The van der Waals surface area contributed by atoms with Gasteiger partial charge in [-0.3, -0.25) is 4.79 Å². The third kappa shape index (κ3) is 5.73. The van der Waals surface area contributed by atoms with E-state index < -0.39 is 6.10 Å². The van der Waals surface area contributed by atoms with E-state index in [0.717, 1.165) is 19.4 Å². The van der Waals surface area contributed by atoms with Gasteiger partial charge < -0.3 is 19.5 Å². The van der Waals surface area contributed by atoms with Gasteiger partial charge in [0.25, 0.3) is 5.91 Å². The Balaban J connectivity index is 1.54. The summed E-state index contributed by atoms with van der Waals surface area (Å²) in [5.41, 5.74) is 1.86. The molecule has 1 amide bonds. The molecule has 2 aromatic rings. The van der Waals surface area contributed by atoms with Gasteiger partial charge in [0.2, 0.25) is 0 Å². The van der Waals surface area contributed by atoms with Crippen LogP contribution in [0.2, 0.25) is 0 Å². The zero-order valence-corrected chi connectivity index (χ0v) is 16.8. The van der Waals surface area contributed by atoms with Crippen molar-refractivity contribution in [1.82, 2.24) is 0 Å². The molecule has 0 aromatic heterocycles. The highest BCUT2D eigenvalue weighted by atomic mass is 16.5. The van der Waals surface area contributed by atoms with E-state index in [1.54, 1.807) is 6.92 Å². The zero-order chi connectivity index (χ0) is 19.9. The molecular weight excluding hydrogens is 354 g/mol. The predicted molar refractivity (Wildman–Crippen MR) is 110 cm³/mol. The third-order valence-corrected chi connectivity index (χ3v) is 4.77. The molecule has 0 aliphatic carbocycles. The van der Waals surface area contributed by atoms with Crippen LogP contribution in [0.15, 0.2) is 48.5 Å². The van der Waals surface area contributed by atoms with Gasteiger partial charge in [0.1, 0.15) is 18.1 Å². The van der Waals surface area contributed by atoms with Crippen LogP contribution in [0.5, 0.6) is 11.5 Å². The highest BCUT2D eigenvalue weighted by molar-refractivity contribution is 5.94. The SMILES string of the molecule is CC(Oc1cccc(C(C)C)c1)C(=O)Nc1cccc(OCC2CCCO2)c1. The molecule has 0 bridgehead atoms. The minimum atomic E-state index is -0.612. The van der Waals surface area contributed by atoms with Gasteiger partial charge in [0.15, 0.2) is 6.10 Å². The summed E-state index contributed by atoms with van der Waals surface area (Å²) < 4.78 is 17.2. The van der Waals surface area contributed by atoms with Crippen molar-refractivity contribution in [3.8, 4) is 11.5 Å². The molecule has 2 aromatic carbocycles. The molecule has 150 valence electrons. The average molecular weight is 383 g/mol. The normalized spacial score (nSPS) is 17.4. The Bertz CT molecular complexity index is 784. The number of carbonyl (C=O) groups excluding carboxylic acids is 1. The van der Waals surface area contributed by atoms with Crippen LogP contribution in [0.3, 0.4) is 0 Å². The van der Waals surface area contributed by atoms with E-state index in [2.05, 4.69) is 25.2 Å². The van der Waals surface area contributed by atoms with E-state index >= 15 is 0 Å². The lowest BCUT2D eigenvalue weighted by atomic mass is 10.0. The van der Waals surface area contributed by atoms with Crippen LogP contribution in [0.1, 0.15) is 45.1 Å². The minimum absolute atomic E-state index is 0.160. The Labute approximate surface area is 167 Å². The molecule has 3 rings (SSSR count). The highest BCUT2D eigenvalue weighted by Gasteiger charge is 2.17. The molecule has 0 saturated carbocycles. The molecule has 0 radical (unpaired) electrons. The van der Waals surface area contributed by atoms with Crippen molar-refractivity contribution in [2.75, 3.05) is 18.5 Å². The minimum Gasteiger partial charge on any atom is -0.491 e. The maximum atomic E-state index is 12.5. The molecule has 1 saturated heterocycles. The van der Waals surface area contributed by atoms with Crippen LogP contribution in [-0.4, -0.2) is 31.3 Å². The van der Waals surface area contributed by atoms with Crippen molar-refractivity contribution < 1.29 is 19.0 Å². The second-order valence-corrected chi connectivity index (χ2v) is 7.45. The Morgan fingerprint density at radius 1 is 1.14 bits per heavy atom. The van der Waals surface area contributed by atoms with Gasteiger partial charge in [-0.2, -0.15) is 0 Å². The van der Waals surface area contributed by atoms with Crippen LogP contribution in [0, 0.1) is 0 Å². The van der Waals surface area contributed by atoms with E-state index in [-0.39, 0.29) is 12.0 Å². The van der Waals surface area contributed by atoms with Crippen molar-refractivity contribution in [1.29, 1.82) is 0 Å². The van der Waals surface area contributed by atoms with Gasteiger partial charge >= 0.3 is 0 Å². The zero-order valence-electron chi connectivity index (χ0n) is 16.8. The Morgan fingerprint density at radius 2 is 1.93 bits per heavy atom. The number of amides is 1. The molecule has 1 aliphatic heterocycles. The van der Waals surface area contributed by atoms with Crippen molar-refractivity contribution in [3.05, 3.63) is 54.1 Å². The Morgan fingerprint density at radius 3 is 2.68 bits per heavy atom. The van der Waals surface area contributed by atoms with Gasteiger partial charge in [0, 0.05) is 18.4 Å². The maximum Gasteiger partial charge on any atom is 0.265 e. The maximum absolute atomic E-state index is 12.5. The van der Waals surface area contributed by atoms with Crippen LogP contribution < -0.4 is 14.8 Å². The van der Waals surface area contributed by atoms with Crippen molar-refractivity contribution >= 4 is 11.6 Å². The Kier molecular flexibility index (Phi) is 6.93. The van der Waals surface area contributed by atoms with E-state index in [9.17, 15) is 4.79 Å². The van der Waals surface area contributed by atoms with E-state index in [4.69, 9.17) is 14.2 Å². The predicted octanol–water partition coefficient (Wildman–Crippen LogP) is 4.77. The lowest BCUT2D eigenvalue weighted by Gasteiger charge is -2.17. The van der Waals surface area contributed by atoms with E-state index in [1.165, 1.54) is 5.56 Å². The molecule has 2 unspecified atom stereocenters. The summed E-state index contributed by atoms with van der Waals surface area (Å²) in [6.07, 6.45) is 1.66. The molecule has 1 heterocycles. The van der Waals surface area contributed by atoms with Gasteiger partial charge in [-0.25, -0.2) is 0 Å². The Hall–Kier alpha value is -2.53. The van der Waals surface area contributed by atoms with Crippen LogP contribution in [0.25, 0.3) is 0 Å². The molecule has 0 spiro atoms.